The van der Waals surface area contributed by atoms with Crippen LogP contribution in [0.15, 0.2) is 36.4 Å². The maximum Gasteiger partial charge on any atom is 0.128 e. The lowest BCUT2D eigenvalue weighted by Gasteiger charge is -2.14. The molecule has 2 aromatic carbocycles. The minimum atomic E-state index is -0.738. The second kappa shape index (κ2) is 5.25. The first kappa shape index (κ1) is 13.3. The largest absolute Gasteiger partial charge is 0.207 e. The molecule has 4 heteroatoms. The number of halogens is 4. The summed E-state index contributed by atoms with van der Waals surface area (Å²) in [5.74, 6) is -1.03. The van der Waals surface area contributed by atoms with Crippen LogP contribution in [0.3, 0.4) is 0 Å². The molecule has 0 aliphatic rings. The molecule has 0 fully saturated rings. The Labute approximate surface area is 114 Å². The molecule has 0 nitrogen and oxygen atoms in total. The van der Waals surface area contributed by atoms with Gasteiger partial charge in [0, 0.05) is 10.6 Å². The number of benzene rings is 2. The van der Waals surface area contributed by atoms with Crippen LogP contribution in [0.5, 0.6) is 0 Å². The van der Waals surface area contributed by atoms with E-state index in [9.17, 15) is 8.78 Å². The van der Waals surface area contributed by atoms with E-state index in [-0.39, 0.29) is 5.56 Å². The first-order valence-corrected chi connectivity index (χ1v) is 6.15. The molecule has 0 aliphatic carbocycles. The molecule has 0 radical (unpaired) electrons. The molecule has 0 heterocycles. The van der Waals surface area contributed by atoms with E-state index in [4.69, 9.17) is 23.2 Å². The fourth-order valence-corrected chi connectivity index (χ4v) is 2.44. The molecule has 0 saturated carbocycles. The fraction of sp³-hybridized carbons (Fsp3) is 0.143. The lowest BCUT2D eigenvalue weighted by atomic mass is 9.99. The van der Waals surface area contributed by atoms with Crippen molar-refractivity contribution >= 4 is 23.2 Å². The third kappa shape index (κ3) is 2.65. The van der Waals surface area contributed by atoms with E-state index in [2.05, 4.69) is 0 Å². The van der Waals surface area contributed by atoms with Gasteiger partial charge in [0.05, 0.1) is 5.38 Å². The Bertz CT molecular complexity index is 582. The molecule has 2 rings (SSSR count). The van der Waals surface area contributed by atoms with Crippen molar-refractivity contribution in [3.63, 3.8) is 0 Å². The highest BCUT2D eigenvalue weighted by Gasteiger charge is 2.18. The second-order valence-corrected chi connectivity index (χ2v) is 4.90. The Balaban J connectivity index is 2.47. The molecule has 94 valence electrons. The van der Waals surface area contributed by atoms with E-state index in [1.54, 1.807) is 18.2 Å². The topological polar surface area (TPSA) is 0 Å². The Morgan fingerprint density at radius 3 is 2.39 bits per heavy atom. The molecule has 0 aliphatic heterocycles. The Morgan fingerprint density at radius 2 is 1.72 bits per heavy atom. The Morgan fingerprint density at radius 1 is 1.00 bits per heavy atom. The summed E-state index contributed by atoms with van der Waals surface area (Å²) >= 11 is 12.1. The second-order valence-electron chi connectivity index (χ2n) is 4.03. The van der Waals surface area contributed by atoms with Crippen molar-refractivity contribution in [3.05, 3.63) is 69.7 Å². The van der Waals surface area contributed by atoms with Crippen molar-refractivity contribution < 1.29 is 8.78 Å². The highest BCUT2D eigenvalue weighted by atomic mass is 35.5. The first-order chi connectivity index (χ1) is 8.49. The van der Waals surface area contributed by atoms with Crippen LogP contribution in [0.25, 0.3) is 0 Å². The van der Waals surface area contributed by atoms with Gasteiger partial charge in [-0.3, -0.25) is 0 Å². The van der Waals surface area contributed by atoms with Crippen LogP contribution in [0.2, 0.25) is 5.02 Å². The Kier molecular flexibility index (Phi) is 3.88. The first-order valence-electron chi connectivity index (χ1n) is 5.34. The SMILES string of the molecule is Cc1cc(Cl)ccc1C(Cl)c1cc(F)ccc1F. The standard InChI is InChI=1S/C14H10Cl2F2/c1-8-6-9(15)2-4-11(8)14(16)12-7-10(17)3-5-13(12)18/h2-7,14H,1H3. The van der Waals surface area contributed by atoms with Crippen molar-refractivity contribution in [1.82, 2.24) is 0 Å². The van der Waals surface area contributed by atoms with Crippen LogP contribution >= 0.6 is 23.2 Å². The van der Waals surface area contributed by atoms with Crippen molar-refractivity contribution in [2.45, 2.75) is 12.3 Å². The monoisotopic (exact) mass is 286 g/mol. The average molecular weight is 287 g/mol. The molecule has 1 unspecified atom stereocenters. The number of hydrogen-bond donors (Lipinski definition) is 0. The van der Waals surface area contributed by atoms with Crippen molar-refractivity contribution in [1.29, 1.82) is 0 Å². The van der Waals surface area contributed by atoms with E-state index in [0.717, 1.165) is 23.8 Å². The third-order valence-electron chi connectivity index (χ3n) is 2.74. The number of alkyl halides is 1. The minimum absolute atomic E-state index is 0.127. The zero-order valence-electron chi connectivity index (χ0n) is 9.55. The maximum absolute atomic E-state index is 13.6. The molecule has 0 amide bonds. The highest BCUT2D eigenvalue weighted by molar-refractivity contribution is 6.30. The molecule has 0 saturated heterocycles. The molecule has 0 aromatic heterocycles. The average Bonchev–Trinajstić information content (AvgIpc) is 2.31. The normalized spacial score (nSPS) is 12.5. The molecule has 1 atom stereocenters. The number of hydrogen-bond acceptors (Lipinski definition) is 0. The summed E-state index contributed by atoms with van der Waals surface area (Å²) in [4.78, 5) is 0. The summed E-state index contributed by atoms with van der Waals surface area (Å²) in [5.41, 5.74) is 1.68. The molecule has 2 aromatic rings. The minimum Gasteiger partial charge on any atom is -0.207 e. The molecule has 0 bridgehead atoms. The van der Waals surface area contributed by atoms with Crippen LogP contribution in [-0.4, -0.2) is 0 Å². The van der Waals surface area contributed by atoms with Crippen molar-refractivity contribution in [2.24, 2.45) is 0 Å². The van der Waals surface area contributed by atoms with Gasteiger partial charge in [0.25, 0.3) is 0 Å². The summed E-state index contributed by atoms with van der Waals surface area (Å²) in [5, 5.41) is -0.155. The van der Waals surface area contributed by atoms with Crippen molar-refractivity contribution in [2.75, 3.05) is 0 Å². The maximum atomic E-state index is 13.6. The fourth-order valence-electron chi connectivity index (χ4n) is 1.80. The molecule has 18 heavy (non-hydrogen) atoms. The Hall–Kier alpha value is -1.12. The predicted molar refractivity (Wildman–Crippen MR) is 70.2 cm³/mol. The van der Waals surface area contributed by atoms with Crippen LogP contribution < -0.4 is 0 Å². The quantitative estimate of drug-likeness (QED) is 0.661. The summed E-state index contributed by atoms with van der Waals surface area (Å²) in [6.45, 7) is 1.83. The molecular weight excluding hydrogens is 277 g/mol. The van der Waals surface area contributed by atoms with E-state index in [1.165, 1.54) is 0 Å². The van der Waals surface area contributed by atoms with Gasteiger partial charge in [0.2, 0.25) is 0 Å². The van der Waals surface area contributed by atoms with E-state index in [0.29, 0.717) is 10.6 Å². The molecular formula is C14H10Cl2F2. The summed E-state index contributed by atoms with van der Waals surface area (Å²) in [7, 11) is 0. The van der Waals surface area contributed by atoms with E-state index < -0.39 is 17.0 Å². The zero-order valence-corrected chi connectivity index (χ0v) is 11.1. The van der Waals surface area contributed by atoms with Crippen LogP contribution in [-0.2, 0) is 0 Å². The summed E-state index contributed by atoms with van der Waals surface area (Å²) < 4.78 is 26.8. The van der Waals surface area contributed by atoms with Gasteiger partial charge in [-0.25, -0.2) is 8.78 Å². The van der Waals surface area contributed by atoms with Gasteiger partial charge in [-0.15, -0.1) is 11.6 Å². The summed E-state index contributed by atoms with van der Waals surface area (Å²) in [6, 6.07) is 8.39. The highest BCUT2D eigenvalue weighted by Crippen LogP contribution is 2.33. The van der Waals surface area contributed by atoms with Gasteiger partial charge < -0.3 is 0 Å². The van der Waals surface area contributed by atoms with Crippen LogP contribution in [0.4, 0.5) is 8.78 Å². The van der Waals surface area contributed by atoms with E-state index >= 15 is 0 Å². The van der Waals surface area contributed by atoms with Gasteiger partial charge in [0.1, 0.15) is 11.6 Å². The number of aryl methyl sites for hydroxylation is 1. The predicted octanol–water partition coefficient (Wildman–Crippen LogP) is 5.25. The van der Waals surface area contributed by atoms with E-state index in [1.807, 2.05) is 6.92 Å². The van der Waals surface area contributed by atoms with Crippen LogP contribution in [0.1, 0.15) is 22.1 Å². The van der Waals surface area contributed by atoms with Gasteiger partial charge >= 0.3 is 0 Å². The third-order valence-corrected chi connectivity index (χ3v) is 3.44. The molecule has 0 N–H and O–H groups in total. The number of rotatable bonds is 2. The lowest BCUT2D eigenvalue weighted by molar-refractivity contribution is 0.587. The van der Waals surface area contributed by atoms with Gasteiger partial charge in [0.15, 0.2) is 0 Å². The van der Waals surface area contributed by atoms with Crippen molar-refractivity contribution in [3.8, 4) is 0 Å². The van der Waals surface area contributed by atoms with Gasteiger partial charge in [-0.1, -0.05) is 17.7 Å². The molecule has 0 spiro atoms. The van der Waals surface area contributed by atoms with Crippen LogP contribution in [0, 0.1) is 18.6 Å². The summed E-state index contributed by atoms with van der Waals surface area (Å²) in [6.07, 6.45) is 0. The lowest BCUT2D eigenvalue weighted by Crippen LogP contribution is -2.00. The smallest absolute Gasteiger partial charge is 0.128 e. The van der Waals surface area contributed by atoms with Gasteiger partial charge in [-0.05, 0) is 48.4 Å². The van der Waals surface area contributed by atoms with Gasteiger partial charge in [-0.2, -0.15) is 0 Å². The zero-order chi connectivity index (χ0) is 13.3.